The van der Waals surface area contributed by atoms with Gasteiger partial charge in [-0.15, -0.1) is 11.8 Å². The zero-order chi connectivity index (χ0) is 20.3. The molecule has 1 aromatic heterocycles. The largest absolute Gasteiger partial charge is 0.398 e. The Labute approximate surface area is 162 Å². The predicted octanol–water partition coefficient (Wildman–Crippen LogP) is 4.00. The average Bonchev–Trinajstić information content (AvgIpc) is 2.63. The molecule has 3 rings (SSSR count). The van der Waals surface area contributed by atoms with Crippen molar-refractivity contribution in [2.45, 2.75) is 24.5 Å². The lowest BCUT2D eigenvalue weighted by molar-refractivity contribution is -0.116. The number of carbonyl (C=O) groups excluding carboxylic acids is 1. The van der Waals surface area contributed by atoms with Gasteiger partial charge in [-0.2, -0.15) is 13.2 Å². The summed E-state index contributed by atoms with van der Waals surface area (Å²) in [6.07, 6.45) is -3.02. The molecule has 28 heavy (non-hydrogen) atoms. The maximum atomic E-state index is 12.6. The van der Waals surface area contributed by atoms with E-state index < -0.39 is 17.8 Å². The molecule has 0 atom stereocenters. The average molecular weight is 407 g/mol. The molecule has 3 aromatic rings. The van der Waals surface area contributed by atoms with Crippen molar-refractivity contribution in [1.82, 2.24) is 9.55 Å². The zero-order valence-corrected chi connectivity index (χ0v) is 15.6. The standard InChI is InChI=1S/C19H16F3N3O2S/c1-12-5-4-6-13-17(12)23-11-25(18(13)27)9-16(26)24-14-7-2-3-8-15(14)28-10-19(20,21)22/h2-8,11H,9-10H2,1H3,(H,24,26). The number of aryl methyl sites for hydroxylation is 1. The Hall–Kier alpha value is -2.81. The van der Waals surface area contributed by atoms with Gasteiger partial charge in [-0.05, 0) is 30.7 Å². The molecule has 0 fully saturated rings. The van der Waals surface area contributed by atoms with Gasteiger partial charge in [0.25, 0.3) is 5.56 Å². The van der Waals surface area contributed by atoms with Crippen molar-refractivity contribution >= 4 is 34.3 Å². The Kier molecular flexibility index (Phi) is 5.73. The summed E-state index contributed by atoms with van der Waals surface area (Å²) in [6, 6.07) is 11.4. The minimum Gasteiger partial charge on any atom is -0.324 e. The van der Waals surface area contributed by atoms with Crippen molar-refractivity contribution in [2.24, 2.45) is 0 Å². The molecule has 0 bridgehead atoms. The molecule has 0 aliphatic carbocycles. The molecule has 5 nitrogen and oxygen atoms in total. The van der Waals surface area contributed by atoms with E-state index in [1.165, 1.54) is 23.0 Å². The topological polar surface area (TPSA) is 64.0 Å². The Morgan fingerprint density at radius 3 is 2.68 bits per heavy atom. The molecule has 1 heterocycles. The molecular formula is C19H16F3N3O2S. The summed E-state index contributed by atoms with van der Waals surface area (Å²) in [7, 11) is 0. The third-order valence-electron chi connectivity index (χ3n) is 3.92. The maximum absolute atomic E-state index is 12.6. The highest BCUT2D eigenvalue weighted by Crippen LogP contribution is 2.32. The molecule has 0 saturated carbocycles. The molecule has 0 radical (unpaired) electrons. The van der Waals surface area contributed by atoms with E-state index in [0.29, 0.717) is 27.6 Å². The van der Waals surface area contributed by atoms with Crippen LogP contribution in [0.3, 0.4) is 0 Å². The number of thioether (sulfide) groups is 1. The van der Waals surface area contributed by atoms with Gasteiger partial charge in [-0.1, -0.05) is 24.3 Å². The van der Waals surface area contributed by atoms with Crippen LogP contribution in [0.15, 0.2) is 58.5 Å². The van der Waals surface area contributed by atoms with Crippen molar-refractivity contribution < 1.29 is 18.0 Å². The third-order valence-corrected chi connectivity index (χ3v) is 5.06. The number of rotatable bonds is 5. The number of hydrogen-bond donors (Lipinski definition) is 1. The van der Waals surface area contributed by atoms with E-state index in [4.69, 9.17) is 0 Å². The highest BCUT2D eigenvalue weighted by atomic mass is 32.2. The molecule has 0 aliphatic rings. The Morgan fingerprint density at radius 2 is 1.93 bits per heavy atom. The smallest absolute Gasteiger partial charge is 0.324 e. The van der Waals surface area contributed by atoms with Crippen molar-refractivity contribution in [3.8, 4) is 0 Å². The van der Waals surface area contributed by atoms with Crippen molar-refractivity contribution in [3.05, 3.63) is 64.7 Å². The van der Waals surface area contributed by atoms with Crippen LogP contribution in [0.2, 0.25) is 0 Å². The number of nitrogens with zero attached hydrogens (tertiary/aromatic N) is 2. The first-order chi connectivity index (χ1) is 13.2. The Balaban J connectivity index is 1.78. The zero-order valence-electron chi connectivity index (χ0n) is 14.8. The van der Waals surface area contributed by atoms with E-state index in [1.54, 1.807) is 24.3 Å². The van der Waals surface area contributed by atoms with Crippen LogP contribution >= 0.6 is 11.8 Å². The number of amides is 1. The summed E-state index contributed by atoms with van der Waals surface area (Å²) in [6.45, 7) is 1.54. The molecule has 1 N–H and O–H groups in total. The van der Waals surface area contributed by atoms with Gasteiger partial charge in [-0.3, -0.25) is 14.2 Å². The van der Waals surface area contributed by atoms with Gasteiger partial charge in [0, 0.05) is 4.90 Å². The number of nitrogens with one attached hydrogen (secondary N) is 1. The van der Waals surface area contributed by atoms with E-state index in [-0.39, 0.29) is 17.8 Å². The quantitative estimate of drug-likeness (QED) is 0.650. The lowest BCUT2D eigenvalue weighted by Gasteiger charge is -2.12. The fraction of sp³-hybridized carbons (Fsp3) is 0.211. The van der Waals surface area contributed by atoms with E-state index in [9.17, 15) is 22.8 Å². The molecule has 0 saturated heterocycles. The summed E-state index contributed by atoms with van der Waals surface area (Å²) in [5.41, 5.74) is 1.32. The number of aromatic nitrogens is 2. The van der Waals surface area contributed by atoms with Crippen molar-refractivity contribution in [3.63, 3.8) is 0 Å². The summed E-state index contributed by atoms with van der Waals surface area (Å²) in [5.74, 6) is -1.59. The number of hydrogen-bond acceptors (Lipinski definition) is 4. The summed E-state index contributed by atoms with van der Waals surface area (Å²) in [5, 5.41) is 2.97. The van der Waals surface area contributed by atoms with Crippen molar-refractivity contribution in [2.75, 3.05) is 11.1 Å². The number of fused-ring (bicyclic) bond motifs is 1. The van der Waals surface area contributed by atoms with Gasteiger partial charge in [0.15, 0.2) is 0 Å². The van der Waals surface area contributed by atoms with Crippen LogP contribution in [0, 0.1) is 6.92 Å². The monoisotopic (exact) mass is 407 g/mol. The summed E-state index contributed by atoms with van der Waals surface area (Å²) in [4.78, 5) is 29.5. The highest BCUT2D eigenvalue weighted by Gasteiger charge is 2.27. The first-order valence-corrected chi connectivity index (χ1v) is 9.26. The summed E-state index contributed by atoms with van der Waals surface area (Å²) < 4.78 is 38.6. The number of anilines is 1. The fourth-order valence-corrected chi connectivity index (χ4v) is 3.42. The van der Waals surface area contributed by atoms with Crippen LogP contribution in [0.25, 0.3) is 10.9 Å². The van der Waals surface area contributed by atoms with Gasteiger partial charge in [-0.25, -0.2) is 4.98 Å². The minimum absolute atomic E-state index is 0.263. The van der Waals surface area contributed by atoms with Gasteiger partial charge in [0.2, 0.25) is 5.91 Å². The lowest BCUT2D eigenvalue weighted by atomic mass is 10.1. The second-order valence-electron chi connectivity index (χ2n) is 6.10. The SMILES string of the molecule is Cc1cccc2c(=O)n(CC(=O)Nc3ccccc3SCC(F)(F)F)cnc12. The summed E-state index contributed by atoms with van der Waals surface area (Å²) >= 11 is 0.588. The Bertz CT molecular complexity index is 1080. The molecule has 9 heteroatoms. The number of alkyl halides is 3. The fourth-order valence-electron chi connectivity index (χ4n) is 2.65. The molecule has 0 unspecified atom stereocenters. The van der Waals surface area contributed by atoms with Gasteiger partial charge >= 0.3 is 6.18 Å². The predicted molar refractivity (Wildman–Crippen MR) is 103 cm³/mol. The van der Waals surface area contributed by atoms with Crippen LogP contribution < -0.4 is 10.9 Å². The number of carbonyl (C=O) groups is 1. The number of para-hydroxylation sites is 2. The first kappa shape index (κ1) is 19.9. The first-order valence-electron chi connectivity index (χ1n) is 8.28. The van der Waals surface area contributed by atoms with Gasteiger partial charge < -0.3 is 5.32 Å². The number of benzene rings is 2. The molecule has 0 aliphatic heterocycles. The molecular weight excluding hydrogens is 391 g/mol. The number of halogens is 3. The van der Waals surface area contributed by atoms with E-state index >= 15 is 0 Å². The van der Waals surface area contributed by atoms with Gasteiger partial charge in [0.1, 0.15) is 6.54 Å². The third kappa shape index (κ3) is 4.72. The highest BCUT2D eigenvalue weighted by molar-refractivity contribution is 7.99. The van der Waals surface area contributed by atoms with Crippen molar-refractivity contribution in [1.29, 1.82) is 0 Å². The van der Waals surface area contributed by atoms with Gasteiger partial charge in [0.05, 0.1) is 28.7 Å². The van der Waals surface area contributed by atoms with Crippen LogP contribution in [-0.2, 0) is 11.3 Å². The van der Waals surface area contributed by atoms with Crippen LogP contribution in [0.5, 0.6) is 0 Å². The molecule has 1 amide bonds. The second kappa shape index (κ2) is 8.05. The Morgan fingerprint density at radius 1 is 1.18 bits per heavy atom. The molecule has 0 spiro atoms. The lowest BCUT2D eigenvalue weighted by Crippen LogP contribution is -2.28. The van der Waals surface area contributed by atoms with E-state index in [2.05, 4.69) is 10.3 Å². The minimum atomic E-state index is -4.32. The second-order valence-corrected chi connectivity index (χ2v) is 7.11. The molecule has 146 valence electrons. The van der Waals surface area contributed by atoms with Crippen LogP contribution in [0.1, 0.15) is 5.56 Å². The molecule has 2 aromatic carbocycles. The van der Waals surface area contributed by atoms with Crippen LogP contribution in [-0.4, -0.2) is 27.4 Å². The normalized spacial score (nSPS) is 11.6. The maximum Gasteiger partial charge on any atom is 0.398 e. The van der Waals surface area contributed by atoms with Crippen LogP contribution in [0.4, 0.5) is 18.9 Å². The van der Waals surface area contributed by atoms with E-state index in [0.717, 1.165) is 5.56 Å². The van der Waals surface area contributed by atoms with E-state index in [1.807, 2.05) is 13.0 Å².